The smallest absolute Gasteiger partial charge is 0.323 e. The molecule has 1 aromatic rings. The summed E-state index contributed by atoms with van der Waals surface area (Å²) in [5.41, 5.74) is 18.0. The van der Waals surface area contributed by atoms with Crippen molar-refractivity contribution in [3.63, 3.8) is 0 Å². The van der Waals surface area contributed by atoms with Crippen LogP contribution in [0.2, 0.25) is 0 Å². The van der Waals surface area contributed by atoms with Crippen LogP contribution in [0, 0.1) is 0 Å². The van der Waals surface area contributed by atoms with Gasteiger partial charge in [0.2, 0.25) is 0 Å². The SMILES string of the molecule is Nc1cccc(COC(=O)C(N)CCC[C@H](N)C(=O)O)c1. The number of carbonyl (C=O) groups excluding carboxylic acids is 1. The van der Waals surface area contributed by atoms with Gasteiger partial charge >= 0.3 is 11.9 Å². The molecule has 1 aromatic carbocycles. The number of nitrogens with two attached hydrogens (primary N) is 3. The minimum atomic E-state index is -1.06. The van der Waals surface area contributed by atoms with Gasteiger partial charge in [-0.25, -0.2) is 0 Å². The van der Waals surface area contributed by atoms with Crippen molar-refractivity contribution in [1.82, 2.24) is 0 Å². The van der Waals surface area contributed by atoms with E-state index in [1.54, 1.807) is 24.3 Å². The molecular formula is C14H21N3O4. The zero-order valence-corrected chi connectivity index (χ0v) is 11.7. The summed E-state index contributed by atoms with van der Waals surface area (Å²) in [6.07, 6.45) is 1.05. The first kappa shape index (κ1) is 16.9. The Bertz CT molecular complexity index is 493. The molecule has 0 saturated heterocycles. The van der Waals surface area contributed by atoms with E-state index in [0.717, 1.165) is 5.56 Å². The highest BCUT2D eigenvalue weighted by molar-refractivity contribution is 5.75. The first-order chi connectivity index (χ1) is 9.90. The molecule has 0 aliphatic rings. The van der Waals surface area contributed by atoms with Gasteiger partial charge in [-0.15, -0.1) is 0 Å². The molecule has 7 heteroatoms. The maximum absolute atomic E-state index is 11.7. The van der Waals surface area contributed by atoms with Crippen molar-refractivity contribution in [3.05, 3.63) is 29.8 Å². The molecule has 1 rings (SSSR count). The highest BCUT2D eigenvalue weighted by atomic mass is 16.5. The van der Waals surface area contributed by atoms with Crippen LogP contribution in [-0.2, 0) is 20.9 Å². The van der Waals surface area contributed by atoms with Crippen molar-refractivity contribution in [2.24, 2.45) is 11.5 Å². The van der Waals surface area contributed by atoms with Gasteiger partial charge in [-0.2, -0.15) is 0 Å². The van der Waals surface area contributed by atoms with E-state index in [1.165, 1.54) is 0 Å². The van der Waals surface area contributed by atoms with Gasteiger partial charge < -0.3 is 27.0 Å². The number of carbonyl (C=O) groups is 2. The molecule has 0 amide bonds. The van der Waals surface area contributed by atoms with Gasteiger partial charge in [-0.3, -0.25) is 9.59 Å². The largest absolute Gasteiger partial charge is 0.480 e. The Morgan fingerprint density at radius 2 is 1.86 bits per heavy atom. The van der Waals surface area contributed by atoms with E-state index >= 15 is 0 Å². The Morgan fingerprint density at radius 1 is 1.19 bits per heavy atom. The molecule has 0 radical (unpaired) electrons. The van der Waals surface area contributed by atoms with Crippen molar-refractivity contribution in [2.45, 2.75) is 38.0 Å². The van der Waals surface area contributed by atoms with E-state index in [0.29, 0.717) is 18.5 Å². The first-order valence-corrected chi connectivity index (χ1v) is 6.65. The molecule has 21 heavy (non-hydrogen) atoms. The number of aliphatic carboxylic acids is 1. The maximum atomic E-state index is 11.7. The summed E-state index contributed by atoms with van der Waals surface area (Å²) in [6, 6.07) is 5.30. The third-order valence-corrected chi connectivity index (χ3v) is 2.98. The second-order valence-corrected chi connectivity index (χ2v) is 4.83. The number of carboxylic acid groups (broad SMARTS) is 1. The molecule has 7 nitrogen and oxygen atoms in total. The lowest BCUT2D eigenvalue weighted by Crippen LogP contribution is -2.34. The van der Waals surface area contributed by atoms with E-state index in [1.807, 2.05) is 0 Å². The zero-order chi connectivity index (χ0) is 15.8. The van der Waals surface area contributed by atoms with E-state index in [4.69, 9.17) is 27.0 Å². The summed E-state index contributed by atoms with van der Waals surface area (Å²) < 4.78 is 5.08. The van der Waals surface area contributed by atoms with Crippen LogP contribution in [0.15, 0.2) is 24.3 Å². The van der Waals surface area contributed by atoms with Gasteiger partial charge in [0, 0.05) is 5.69 Å². The highest BCUT2D eigenvalue weighted by Crippen LogP contribution is 2.09. The topological polar surface area (TPSA) is 142 Å². The summed E-state index contributed by atoms with van der Waals surface area (Å²) in [7, 11) is 0. The number of ether oxygens (including phenoxy) is 1. The van der Waals surface area contributed by atoms with Crippen molar-refractivity contribution >= 4 is 17.6 Å². The van der Waals surface area contributed by atoms with Crippen LogP contribution < -0.4 is 17.2 Å². The monoisotopic (exact) mass is 295 g/mol. The van der Waals surface area contributed by atoms with Crippen molar-refractivity contribution < 1.29 is 19.4 Å². The van der Waals surface area contributed by atoms with Crippen molar-refractivity contribution in [2.75, 3.05) is 5.73 Å². The van der Waals surface area contributed by atoms with E-state index in [-0.39, 0.29) is 13.0 Å². The summed E-state index contributed by atoms with van der Waals surface area (Å²) in [6.45, 7) is 0.103. The Labute approximate surface area is 123 Å². The van der Waals surface area contributed by atoms with E-state index in [2.05, 4.69) is 0 Å². The van der Waals surface area contributed by atoms with Crippen molar-refractivity contribution in [1.29, 1.82) is 0 Å². The molecule has 0 spiro atoms. The lowest BCUT2D eigenvalue weighted by Gasteiger charge is -2.12. The van der Waals surface area contributed by atoms with Crippen LogP contribution in [0.1, 0.15) is 24.8 Å². The molecule has 1 unspecified atom stereocenters. The number of benzene rings is 1. The maximum Gasteiger partial charge on any atom is 0.323 e. The van der Waals surface area contributed by atoms with Crippen LogP contribution in [0.25, 0.3) is 0 Å². The Kier molecular flexibility index (Phi) is 6.64. The normalized spacial score (nSPS) is 13.4. The summed E-state index contributed by atoms with van der Waals surface area (Å²) in [5, 5.41) is 8.63. The van der Waals surface area contributed by atoms with Gasteiger partial charge in [-0.05, 0) is 37.0 Å². The number of carboxylic acids is 1. The fourth-order valence-electron chi connectivity index (χ4n) is 1.74. The molecule has 0 aliphatic heterocycles. The van der Waals surface area contributed by atoms with Crippen LogP contribution >= 0.6 is 0 Å². The molecule has 116 valence electrons. The summed E-state index contributed by atoms with van der Waals surface area (Å²) in [5.74, 6) is -1.59. The average Bonchev–Trinajstić information content (AvgIpc) is 2.44. The first-order valence-electron chi connectivity index (χ1n) is 6.65. The molecule has 0 fully saturated rings. The Morgan fingerprint density at radius 3 is 2.48 bits per heavy atom. The second kappa shape index (κ2) is 8.23. The van der Waals surface area contributed by atoms with Crippen LogP contribution in [0.3, 0.4) is 0 Å². The third-order valence-electron chi connectivity index (χ3n) is 2.98. The van der Waals surface area contributed by atoms with Gasteiger partial charge in [0.1, 0.15) is 18.7 Å². The Hall–Kier alpha value is -2.12. The van der Waals surface area contributed by atoms with E-state index < -0.39 is 24.0 Å². The van der Waals surface area contributed by atoms with Crippen LogP contribution in [0.5, 0.6) is 0 Å². The molecule has 0 heterocycles. The average molecular weight is 295 g/mol. The lowest BCUT2D eigenvalue weighted by molar-refractivity contribution is -0.146. The number of nitrogen functional groups attached to an aromatic ring is 1. The second-order valence-electron chi connectivity index (χ2n) is 4.83. The number of hydrogen-bond donors (Lipinski definition) is 4. The predicted octanol–water partition coefficient (Wildman–Crippen LogP) is 0.222. The van der Waals surface area contributed by atoms with Gasteiger partial charge in [-0.1, -0.05) is 12.1 Å². The number of anilines is 1. The zero-order valence-electron chi connectivity index (χ0n) is 11.7. The molecule has 0 aliphatic carbocycles. The fourth-order valence-corrected chi connectivity index (χ4v) is 1.74. The summed E-state index contributed by atoms with van der Waals surface area (Å²) in [4.78, 5) is 22.2. The van der Waals surface area contributed by atoms with Gasteiger partial charge in [0.25, 0.3) is 0 Å². The fraction of sp³-hybridized carbons (Fsp3) is 0.429. The van der Waals surface area contributed by atoms with Crippen LogP contribution in [-0.4, -0.2) is 29.1 Å². The third kappa shape index (κ3) is 6.24. The van der Waals surface area contributed by atoms with Crippen LogP contribution in [0.4, 0.5) is 5.69 Å². The standard InChI is InChI=1S/C14H21N3O4/c15-10-4-1-3-9(7-10)8-21-14(20)12(17)6-2-5-11(16)13(18)19/h1,3-4,7,11-12H,2,5-6,8,15-17H2,(H,18,19)/t11-,12?/m0/s1. The quantitative estimate of drug-likeness (QED) is 0.397. The van der Waals surface area contributed by atoms with Crippen molar-refractivity contribution in [3.8, 4) is 0 Å². The lowest BCUT2D eigenvalue weighted by atomic mass is 10.1. The molecule has 0 aromatic heterocycles. The van der Waals surface area contributed by atoms with Gasteiger partial charge in [0.05, 0.1) is 0 Å². The molecule has 2 atom stereocenters. The Balaban J connectivity index is 2.29. The molecule has 0 saturated carbocycles. The number of hydrogen-bond acceptors (Lipinski definition) is 6. The minimum absolute atomic E-state index is 0.103. The minimum Gasteiger partial charge on any atom is -0.480 e. The molecular weight excluding hydrogens is 274 g/mol. The summed E-state index contributed by atoms with van der Waals surface area (Å²) >= 11 is 0. The number of rotatable bonds is 8. The van der Waals surface area contributed by atoms with E-state index in [9.17, 15) is 9.59 Å². The highest BCUT2D eigenvalue weighted by Gasteiger charge is 2.17. The molecule has 0 bridgehead atoms. The number of esters is 1. The van der Waals surface area contributed by atoms with Gasteiger partial charge in [0.15, 0.2) is 0 Å². The molecule has 7 N–H and O–H groups in total. The predicted molar refractivity (Wildman–Crippen MR) is 78.1 cm³/mol.